The summed E-state index contributed by atoms with van der Waals surface area (Å²) in [6, 6.07) is 6.39. The van der Waals surface area contributed by atoms with Crippen LogP contribution < -0.4 is 5.73 Å². The van der Waals surface area contributed by atoms with Crippen molar-refractivity contribution < 1.29 is 4.39 Å². The lowest BCUT2D eigenvalue weighted by Crippen LogP contribution is -1.92. The molecule has 3 heteroatoms. The number of nitrogens with zero attached hydrogens (tertiary/aromatic N) is 1. The highest BCUT2D eigenvalue weighted by Gasteiger charge is 2.03. The summed E-state index contributed by atoms with van der Waals surface area (Å²) in [5.41, 5.74) is 7.08. The molecule has 2 nitrogen and oxygen atoms in total. The summed E-state index contributed by atoms with van der Waals surface area (Å²) in [5, 5.41) is 0.522. The Kier molecular flexibility index (Phi) is 1.65. The minimum atomic E-state index is -0.256. The molecule has 0 amide bonds. The summed E-state index contributed by atoms with van der Waals surface area (Å²) in [7, 11) is 0. The minimum absolute atomic E-state index is 0.256. The van der Waals surface area contributed by atoms with Gasteiger partial charge in [0.25, 0.3) is 0 Å². The highest BCUT2D eigenvalue weighted by Crippen LogP contribution is 2.20. The van der Waals surface area contributed by atoms with Gasteiger partial charge in [0.15, 0.2) is 0 Å². The molecule has 1 heterocycles. The molecule has 0 saturated heterocycles. The predicted molar refractivity (Wildman–Crippen MR) is 50.9 cm³/mol. The molecule has 2 rings (SSSR count). The molecule has 0 aliphatic heterocycles. The molecular formula is C10H9FN2. The smallest absolute Gasteiger partial charge is 0.132 e. The second kappa shape index (κ2) is 2.69. The fourth-order valence-electron chi connectivity index (χ4n) is 1.33. The normalized spacial score (nSPS) is 10.6. The topological polar surface area (TPSA) is 38.9 Å². The summed E-state index contributed by atoms with van der Waals surface area (Å²) < 4.78 is 13.2. The number of aryl methyl sites for hydroxylation is 1. The number of fused-ring (bicyclic) bond motifs is 1. The quantitative estimate of drug-likeness (QED) is 0.668. The monoisotopic (exact) mass is 176 g/mol. The standard InChI is InChI=1S/C10H9FN2/c1-6-2-4-8(11)7-3-5-9(12)13-10(6)7/h2-5H,1H3,(H2,12,13). The van der Waals surface area contributed by atoms with Gasteiger partial charge in [-0.1, -0.05) is 6.07 Å². The van der Waals surface area contributed by atoms with Crippen LogP contribution in [0.25, 0.3) is 10.9 Å². The molecule has 66 valence electrons. The summed E-state index contributed by atoms with van der Waals surface area (Å²) >= 11 is 0. The fourth-order valence-corrected chi connectivity index (χ4v) is 1.33. The number of aromatic nitrogens is 1. The van der Waals surface area contributed by atoms with Gasteiger partial charge in [-0.05, 0) is 30.7 Å². The molecule has 2 N–H and O–H groups in total. The largest absolute Gasteiger partial charge is 0.384 e. The van der Waals surface area contributed by atoms with E-state index in [0.29, 0.717) is 16.7 Å². The number of nitrogen functional groups attached to an aromatic ring is 1. The van der Waals surface area contributed by atoms with Crippen molar-refractivity contribution in [1.29, 1.82) is 0 Å². The number of pyridine rings is 1. The molecule has 13 heavy (non-hydrogen) atoms. The third-order valence-electron chi connectivity index (χ3n) is 2.03. The molecule has 1 aromatic carbocycles. The van der Waals surface area contributed by atoms with Gasteiger partial charge in [0, 0.05) is 5.39 Å². The highest BCUT2D eigenvalue weighted by molar-refractivity contribution is 5.83. The van der Waals surface area contributed by atoms with Gasteiger partial charge in [-0.3, -0.25) is 0 Å². The maximum atomic E-state index is 13.2. The minimum Gasteiger partial charge on any atom is -0.384 e. The van der Waals surface area contributed by atoms with Crippen LogP contribution in [0.1, 0.15) is 5.56 Å². The zero-order valence-corrected chi connectivity index (χ0v) is 7.21. The lowest BCUT2D eigenvalue weighted by Gasteiger charge is -2.02. The Morgan fingerprint density at radius 2 is 2.00 bits per heavy atom. The van der Waals surface area contributed by atoms with Crippen LogP contribution in [0.15, 0.2) is 24.3 Å². The van der Waals surface area contributed by atoms with Gasteiger partial charge in [0.2, 0.25) is 0 Å². The van der Waals surface area contributed by atoms with E-state index in [1.165, 1.54) is 6.07 Å². The maximum Gasteiger partial charge on any atom is 0.132 e. The van der Waals surface area contributed by atoms with Crippen molar-refractivity contribution in [2.75, 3.05) is 5.73 Å². The van der Waals surface area contributed by atoms with E-state index in [-0.39, 0.29) is 5.82 Å². The van der Waals surface area contributed by atoms with Crippen LogP contribution in [0, 0.1) is 12.7 Å². The van der Waals surface area contributed by atoms with Crippen molar-refractivity contribution >= 4 is 16.7 Å². The zero-order chi connectivity index (χ0) is 9.42. The number of nitrogens with two attached hydrogens (primary N) is 1. The van der Waals surface area contributed by atoms with Crippen molar-refractivity contribution in [1.82, 2.24) is 4.98 Å². The van der Waals surface area contributed by atoms with Gasteiger partial charge in [0.05, 0.1) is 5.52 Å². The molecule has 0 atom stereocenters. The number of halogens is 1. The van der Waals surface area contributed by atoms with Crippen molar-refractivity contribution in [3.8, 4) is 0 Å². The van der Waals surface area contributed by atoms with Gasteiger partial charge in [-0.15, -0.1) is 0 Å². The van der Waals surface area contributed by atoms with Crippen LogP contribution in [0.5, 0.6) is 0 Å². The molecule has 2 aromatic rings. The van der Waals surface area contributed by atoms with E-state index in [4.69, 9.17) is 5.73 Å². The van der Waals surface area contributed by atoms with Gasteiger partial charge in [0.1, 0.15) is 11.6 Å². The van der Waals surface area contributed by atoms with E-state index in [2.05, 4.69) is 4.98 Å². The van der Waals surface area contributed by atoms with Gasteiger partial charge >= 0.3 is 0 Å². The zero-order valence-electron chi connectivity index (χ0n) is 7.21. The van der Waals surface area contributed by atoms with E-state index in [1.807, 2.05) is 6.92 Å². The Morgan fingerprint density at radius 1 is 1.23 bits per heavy atom. The van der Waals surface area contributed by atoms with Gasteiger partial charge < -0.3 is 5.73 Å². The van der Waals surface area contributed by atoms with Crippen molar-refractivity contribution in [2.24, 2.45) is 0 Å². The molecule has 0 bridgehead atoms. The summed E-state index contributed by atoms with van der Waals surface area (Å²) in [6.45, 7) is 1.88. The fraction of sp³-hybridized carbons (Fsp3) is 0.100. The van der Waals surface area contributed by atoms with Crippen LogP contribution in [0.3, 0.4) is 0 Å². The maximum absolute atomic E-state index is 13.2. The Hall–Kier alpha value is -1.64. The number of rotatable bonds is 0. The van der Waals surface area contributed by atoms with Crippen molar-refractivity contribution in [3.05, 3.63) is 35.6 Å². The van der Waals surface area contributed by atoms with Crippen LogP contribution in [0.2, 0.25) is 0 Å². The van der Waals surface area contributed by atoms with Crippen LogP contribution in [0.4, 0.5) is 10.2 Å². The summed E-state index contributed by atoms with van der Waals surface area (Å²) in [5.74, 6) is 0.161. The molecule has 0 unspecified atom stereocenters. The second-order valence-electron chi connectivity index (χ2n) is 3.00. The lowest BCUT2D eigenvalue weighted by atomic mass is 10.1. The molecule has 0 aliphatic carbocycles. The molecule has 0 saturated carbocycles. The van der Waals surface area contributed by atoms with Crippen LogP contribution in [-0.4, -0.2) is 4.98 Å². The van der Waals surface area contributed by atoms with Crippen LogP contribution >= 0.6 is 0 Å². The average Bonchev–Trinajstić information content (AvgIpc) is 2.12. The summed E-state index contributed by atoms with van der Waals surface area (Å²) in [4.78, 5) is 4.07. The Morgan fingerprint density at radius 3 is 2.77 bits per heavy atom. The van der Waals surface area contributed by atoms with E-state index in [1.54, 1.807) is 18.2 Å². The Labute approximate surface area is 75.2 Å². The first-order chi connectivity index (χ1) is 6.18. The predicted octanol–water partition coefficient (Wildman–Crippen LogP) is 2.26. The molecule has 0 radical (unpaired) electrons. The van der Waals surface area contributed by atoms with Crippen molar-refractivity contribution in [2.45, 2.75) is 6.92 Å². The van der Waals surface area contributed by atoms with Gasteiger partial charge in [-0.25, -0.2) is 9.37 Å². The summed E-state index contributed by atoms with van der Waals surface area (Å²) in [6.07, 6.45) is 0. The Bertz CT molecular complexity index is 466. The third-order valence-corrected chi connectivity index (χ3v) is 2.03. The van der Waals surface area contributed by atoms with Crippen LogP contribution in [-0.2, 0) is 0 Å². The van der Waals surface area contributed by atoms with Gasteiger partial charge in [-0.2, -0.15) is 0 Å². The number of hydrogen-bond acceptors (Lipinski definition) is 2. The van der Waals surface area contributed by atoms with E-state index in [0.717, 1.165) is 5.56 Å². The first kappa shape index (κ1) is 7.98. The van der Waals surface area contributed by atoms with E-state index >= 15 is 0 Å². The molecule has 0 spiro atoms. The molecular weight excluding hydrogens is 167 g/mol. The molecule has 0 fully saturated rings. The van der Waals surface area contributed by atoms with E-state index < -0.39 is 0 Å². The Balaban J connectivity index is 2.92. The SMILES string of the molecule is Cc1ccc(F)c2ccc(N)nc12. The number of anilines is 1. The lowest BCUT2D eigenvalue weighted by molar-refractivity contribution is 0.639. The number of benzene rings is 1. The molecule has 0 aliphatic rings. The van der Waals surface area contributed by atoms with E-state index in [9.17, 15) is 4.39 Å². The first-order valence-electron chi connectivity index (χ1n) is 4.00. The second-order valence-corrected chi connectivity index (χ2v) is 3.00. The third kappa shape index (κ3) is 1.22. The molecule has 1 aromatic heterocycles. The van der Waals surface area contributed by atoms with Crippen molar-refractivity contribution in [3.63, 3.8) is 0 Å². The highest BCUT2D eigenvalue weighted by atomic mass is 19.1. The average molecular weight is 176 g/mol. The first-order valence-corrected chi connectivity index (χ1v) is 4.00. The number of hydrogen-bond donors (Lipinski definition) is 1.